The van der Waals surface area contributed by atoms with E-state index in [1.165, 1.54) is 24.3 Å². The molecule has 0 radical (unpaired) electrons. The highest BCUT2D eigenvalue weighted by Gasteiger charge is 2.42. The van der Waals surface area contributed by atoms with Crippen LogP contribution in [0.1, 0.15) is 63.7 Å². The van der Waals surface area contributed by atoms with E-state index in [2.05, 4.69) is 10.6 Å². The van der Waals surface area contributed by atoms with Crippen LogP contribution in [0.25, 0.3) is 0 Å². The van der Waals surface area contributed by atoms with Crippen molar-refractivity contribution in [2.75, 3.05) is 10.6 Å². The number of rotatable bonds is 6. The zero-order valence-electron chi connectivity index (χ0n) is 28.3. The van der Waals surface area contributed by atoms with Crippen LogP contribution in [-0.4, -0.2) is 53.4 Å². The number of ketones is 4. The summed E-state index contributed by atoms with van der Waals surface area (Å²) in [6.07, 6.45) is 0. The number of nitrogens with zero attached hydrogens (tertiary/aromatic N) is 2. The number of nitro benzene ring substituents is 2. The third-order valence-corrected chi connectivity index (χ3v) is 9.00. The number of nitro groups is 2. The first-order valence-electron chi connectivity index (χ1n) is 16.4. The molecule has 56 heavy (non-hydrogen) atoms. The van der Waals surface area contributed by atoms with Crippen molar-refractivity contribution in [2.24, 2.45) is 0 Å². The Balaban J connectivity index is 0.000000172. The van der Waals surface area contributed by atoms with Gasteiger partial charge in [0.2, 0.25) is 23.1 Å². The maximum absolute atomic E-state index is 13.2. The molecular formula is C40H24N4O12. The molecule has 0 saturated carbocycles. The van der Waals surface area contributed by atoms with Gasteiger partial charge in [0, 0.05) is 23.5 Å². The average Bonchev–Trinajstić information content (AvgIpc) is 3.17. The van der Waals surface area contributed by atoms with Gasteiger partial charge in [0.05, 0.1) is 54.6 Å². The lowest BCUT2D eigenvalue weighted by Crippen LogP contribution is -2.23. The highest BCUT2D eigenvalue weighted by molar-refractivity contribution is 6.34. The molecular weight excluding hydrogens is 728 g/mol. The largest absolute Gasteiger partial charge is 0.507 e. The fraction of sp³-hybridized carbons (Fsp3) is 0. The summed E-state index contributed by atoms with van der Waals surface area (Å²) in [5.41, 5.74) is -2.48. The van der Waals surface area contributed by atoms with Crippen molar-refractivity contribution in [1.82, 2.24) is 0 Å². The molecule has 0 unspecified atom stereocenters. The number of phenols is 4. The van der Waals surface area contributed by atoms with Crippen LogP contribution >= 0.6 is 0 Å². The zero-order valence-corrected chi connectivity index (χ0v) is 28.3. The van der Waals surface area contributed by atoms with Crippen molar-refractivity contribution < 1.29 is 49.5 Å². The van der Waals surface area contributed by atoms with E-state index in [1.54, 1.807) is 60.7 Å². The van der Waals surface area contributed by atoms with Crippen LogP contribution in [0.5, 0.6) is 23.0 Å². The lowest BCUT2D eigenvalue weighted by Gasteiger charge is -2.22. The second-order valence-corrected chi connectivity index (χ2v) is 12.3. The van der Waals surface area contributed by atoms with Crippen molar-refractivity contribution in [1.29, 1.82) is 0 Å². The first-order chi connectivity index (χ1) is 26.8. The smallest absolute Gasteiger partial charge is 0.281 e. The van der Waals surface area contributed by atoms with E-state index in [-0.39, 0.29) is 33.6 Å². The standard InChI is InChI=1S/2C20H12N2O6/c23-13-8-6-11(21-10-4-2-1-3-5-10)15-17(13)20(26)16-12(22(27)28)7-9-14(24)18(16)19(15)25;23-13-8-6-11(21-10-4-2-1-3-5-10)15-17(13)20(26)18-14(24)9-7-12(22(27)28)16(18)19(15)25/h2*1-9,21,23-24H. The highest BCUT2D eigenvalue weighted by Crippen LogP contribution is 2.45. The van der Waals surface area contributed by atoms with Gasteiger partial charge in [-0.2, -0.15) is 0 Å². The van der Waals surface area contributed by atoms with Crippen molar-refractivity contribution in [3.63, 3.8) is 0 Å². The van der Waals surface area contributed by atoms with Crippen molar-refractivity contribution in [3.8, 4) is 23.0 Å². The van der Waals surface area contributed by atoms with Gasteiger partial charge in [-0.05, 0) is 60.7 Å². The lowest BCUT2D eigenvalue weighted by atomic mass is 9.81. The first kappa shape index (κ1) is 36.0. The summed E-state index contributed by atoms with van der Waals surface area (Å²) in [6.45, 7) is 0. The molecule has 0 heterocycles. The second-order valence-electron chi connectivity index (χ2n) is 12.3. The van der Waals surface area contributed by atoms with Gasteiger partial charge < -0.3 is 31.1 Å². The van der Waals surface area contributed by atoms with Gasteiger partial charge in [-0.25, -0.2) is 0 Å². The summed E-state index contributed by atoms with van der Waals surface area (Å²) in [7, 11) is 0. The van der Waals surface area contributed by atoms with Crippen molar-refractivity contribution in [3.05, 3.63) is 174 Å². The summed E-state index contributed by atoms with van der Waals surface area (Å²) in [4.78, 5) is 73.4. The molecule has 16 heteroatoms. The van der Waals surface area contributed by atoms with E-state index in [9.17, 15) is 59.8 Å². The molecule has 0 saturated heterocycles. The van der Waals surface area contributed by atoms with Crippen LogP contribution in [0.4, 0.5) is 34.1 Å². The van der Waals surface area contributed by atoms with E-state index in [0.717, 1.165) is 24.3 Å². The predicted molar refractivity (Wildman–Crippen MR) is 199 cm³/mol. The summed E-state index contributed by atoms with van der Waals surface area (Å²) in [6, 6.07) is 26.8. The number of phenolic OH excluding ortho intramolecular Hbond substituents is 4. The van der Waals surface area contributed by atoms with Gasteiger partial charge in [-0.1, -0.05) is 36.4 Å². The van der Waals surface area contributed by atoms with Gasteiger partial charge >= 0.3 is 0 Å². The molecule has 2 aliphatic rings. The summed E-state index contributed by atoms with van der Waals surface area (Å²) < 4.78 is 0. The van der Waals surface area contributed by atoms with E-state index >= 15 is 0 Å². The van der Waals surface area contributed by atoms with Gasteiger partial charge in [0.25, 0.3) is 11.4 Å². The SMILES string of the molecule is O=C1c2c(O)ccc(Nc3ccccc3)c2C(=O)c2c([N+](=O)[O-])ccc(O)c21.O=C1c2c(O)ccc([N+](=O)[O-])c2C(=O)c2c(O)ccc(Nc3ccccc3)c21. The van der Waals surface area contributed by atoms with Crippen molar-refractivity contribution >= 4 is 57.3 Å². The molecule has 6 aromatic carbocycles. The van der Waals surface area contributed by atoms with Crippen LogP contribution in [-0.2, 0) is 0 Å². The van der Waals surface area contributed by atoms with Crippen LogP contribution in [0.3, 0.4) is 0 Å². The number of carbonyl (C=O) groups excluding carboxylic acids is 4. The van der Waals surface area contributed by atoms with Crippen LogP contribution in [0.15, 0.2) is 109 Å². The molecule has 0 aromatic heterocycles. The van der Waals surface area contributed by atoms with Crippen LogP contribution in [0.2, 0.25) is 0 Å². The molecule has 0 spiro atoms. The third-order valence-electron chi connectivity index (χ3n) is 9.00. The van der Waals surface area contributed by atoms with Crippen molar-refractivity contribution in [2.45, 2.75) is 0 Å². The Morgan fingerprint density at radius 2 is 0.661 bits per heavy atom. The van der Waals surface area contributed by atoms with Gasteiger partial charge in [0.15, 0.2) is 0 Å². The molecule has 6 aromatic rings. The molecule has 0 bridgehead atoms. The molecule has 276 valence electrons. The fourth-order valence-corrected chi connectivity index (χ4v) is 6.56. The second kappa shape index (κ2) is 13.9. The molecule has 16 nitrogen and oxygen atoms in total. The first-order valence-corrected chi connectivity index (χ1v) is 16.4. The number of hydrogen-bond acceptors (Lipinski definition) is 14. The number of hydrogen-bond donors (Lipinski definition) is 6. The average molecular weight is 753 g/mol. The minimum atomic E-state index is -0.901. The Morgan fingerprint density at radius 1 is 0.375 bits per heavy atom. The number of anilines is 4. The molecule has 0 aliphatic heterocycles. The molecule has 0 atom stereocenters. The third kappa shape index (κ3) is 5.94. The molecule has 0 amide bonds. The summed E-state index contributed by atoms with van der Waals surface area (Å²) in [5.74, 6) is -5.43. The molecule has 2 aliphatic carbocycles. The maximum Gasteiger partial charge on any atom is 0.281 e. The van der Waals surface area contributed by atoms with E-state index < -0.39 is 89.6 Å². The number of benzene rings is 6. The minimum Gasteiger partial charge on any atom is -0.507 e. The van der Waals surface area contributed by atoms with Crippen LogP contribution < -0.4 is 10.6 Å². The Bertz CT molecular complexity index is 2720. The maximum atomic E-state index is 13.2. The zero-order chi connectivity index (χ0) is 40.0. The summed E-state index contributed by atoms with van der Waals surface area (Å²) >= 11 is 0. The topological polar surface area (TPSA) is 260 Å². The number of carbonyl (C=O) groups is 4. The molecule has 0 fully saturated rings. The van der Waals surface area contributed by atoms with E-state index in [1.807, 2.05) is 0 Å². The number of fused-ring (bicyclic) bond motifs is 4. The quantitative estimate of drug-likeness (QED) is 0.0565. The fourth-order valence-electron chi connectivity index (χ4n) is 6.56. The number of para-hydroxylation sites is 2. The number of nitrogens with one attached hydrogen (secondary N) is 2. The molecule has 6 N–H and O–H groups in total. The summed E-state index contributed by atoms with van der Waals surface area (Å²) in [5, 5.41) is 69.4. The Hall–Kier alpha value is -8.40. The minimum absolute atomic E-state index is 0.155. The van der Waals surface area contributed by atoms with E-state index in [4.69, 9.17) is 0 Å². The van der Waals surface area contributed by atoms with E-state index in [0.29, 0.717) is 11.4 Å². The normalized spacial score (nSPS) is 12.3. The number of aromatic hydroxyl groups is 4. The Kier molecular flexibility index (Phi) is 8.91. The molecule has 8 rings (SSSR count). The lowest BCUT2D eigenvalue weighted by molar-refractivity contribution is -0.385. The highest BCUT2D eigenvalue weighted by atomic mass is 16.6. The monoisotopic (exact) mass is 752 g/mol. The Morgan fingerprint density at radius 3 is 1.02 bits per heavy atom. The predicted octanol–water partition coefficient (Wildman–Crippen LogP) is 7.05. The van der Waals surface area contributed by atoms with Crippen LogP contribution in [0, 0.1) is 20.2 Å². The van der Waals surface area contributed by atoms with Gasteiger partial charge in [-0.15, -0.1) is 0 Å². The van der Waals surface area contributed by atoms with Gasteiger partial charge in [0.1, 0.15) is 34.1 Å². The Labute approximate surface area is 313 Å². The van der Waals surface area contributed by atoms with Gasteiger partial charge in [-0.3, -0.25) is 39.4 Å².